The number of hydrogen-bond donors (Lipinski definition) is 2. The average molecular weight is 208 g/mol. The van der Waals surface area contributed by atoms with Crippen LogP contribution in [-0.4, -0.2) is 22.0 Å². The highest BCUT2D eigenvalue weighted by molar-refractivity contribution is 5.89. The summed E-state index contributed by atoms with van der Waals surface area (Å²) in [5, 5.41) is 11.1. The van der Waals surface area contributed by atoms with E-state index in [1.54, 1.807) is 19.1 Å². The van der Waals surface area contributed by atoms with Crippen molar-refractivity contribution in [3.63, 3.8) is 0 Å². The van der Waals surface area contributed by atoms with Crippen LogP contribution in [0.4, 0.5) is 5.82 Å². The van der Waals surface area contributed by atoms with Gasteiger partial charge in [0.25, 0.3) is 0 Å². The lowest BCUT2D eigenvalue weighted by Crippen LogP contribution is -2.11. The molecule has 5 nitrogen and oxygen atoms in total. The van der Waals surface area contributed by atoms with Gasteiger partial charge in [-0.3, -0.25) is 9.59 Å². The van der Waals surface area contributed by atoms with Gasteiger partial charge in [-0.25, -0.2) is 4.98 Å². The second kappa shape index (κ2) is 5.09. The number of carboxylic acids is 1. The SMILES string of the molecule is CCC(=O)Nc1ccc(CC(=O)O)cn1. The standard InChI is InChI=1S/C10H12N2O3/c1-2-9(13)12-8-4-3-7(6-11-8)5-10(14)15/h3-4,6H,2,5H2,1H3,(H,14,15)(H,11,12,13). The Labute approximate surface area is 87.1 Å². The molecule has 1 rings (SSSR count). The van der Waals surface area contributed by atoms with E-state index in [4.69, 9.17) is 5.11 Å². The van der Waals surface area contributed by atoms with Gasteiger partial charge in [0.15, 0.2) is 0 Å². The topological polar surface area (TPSA) is 79.3 Å². The molecule has 0 saturated carbocycles. The third-order valence-corrected chi connectivity index (χ3v) is 1.77. The highest BCUT2D eigenvalue weighted by Gasteiger charge is 2.02. The molecule has 80 valence electrons. The summed E-state index contributed by atoms with van der Waals surface area (Å²) in [6.45, 7) is 1.74. The Morgan fingerprint density at radius 2 is 2.20 bits per heavy atom. The molecular weight excluding hydrogens is 196 g/mol. The molecule has 0 bridgehead atoms. The van der Waals surface area contributed by atoms with Crippen LogP contribution in [0, 0.1) is 0 Å². The molecule has 2 N–H and O–H groups in total. The lowest BCUT2D eigenvalue weighted by molar-refractivity contribution is -0.136. The molecule has 0 spiro atoms. The van der Waals surface area contributed by atoms with Gasteiger partial charge in [-0.05, 0) is 11.6 Å². The minimum absolute atomic E-state index is 0.0605. The number of carbonyl (C=O) groups is 2. The van der Waals surface area contributed by atoms with Crippen LogP contribution in [0.2, 0.25) is 0 Å². The predicted molar refractivity (Wildman–Crippen MR) is 54.5 cm³/mol. The first-order valence-corrected chi connectivity index (χ1v) is 4.58. The minimum atomic E-state index is -0.901. The number of carboxylic acid groups (broad SMARTS) is 1. The van der Waals surface area contributed by atoms with E-state index in [2.05, 4.69) is 10.3 Å². The molecule has 0 aliphatic heterocycles. The smallest absolute Gasteiger partial charge is 0.307 e. The van der Waals surface area contributed by atoms with Crippen molar-refractivity contribution in [3.05, 3.63) is 23.9 Å². The van der Waals surface area contributed by atoms with Crippen molar-refractivity contribution in [1.82, 2.24) is 4.98 Å². The van der Waals surface area contributed by atoms with E-state index in [0.29, 0.717) is 17.8 Å². The van der Waals surface area contributed by atoms with Crippen molar-refractivity contribution in [1.29, 1.82) is 0 Å². The number of hydrogen-bond acceptors (Lipinski definition) is 3. The molecule has 0 saturated heterocycles. The van der Waals surface area contributed by atoms with Crippen molar-refractivity contribution in [2.24, 2.45) is 0 Å². The molecular formula is C10H12N2O3. The van der Waals surface area contributed by atoms with Gasteiger partial charge in [0.1, 0.15) is 5.82 Å². The lowest BCUT2D eigenvalue weighted by atomic mass is 10.2. The van der Waals surface area contributed by atoms with E-state index < -0.39 is 5.97 Å². The van der Waals surface area contributed by atoms with Crippen LogP contribution in [-0.2, 0) is 16.0 Å². The molecule has 1 aromatic heterocycles. The summed E-state index contributed by atoms with van der Waals surface area (Å²) in [5.74, 6) is -0.577. The Hall–Kier alpha value is -1.91. The normalized spacial score (nSPS) is 9.67. The summed E-state index contributed by atoms with van der Waals surface area (Å²) < 4.78 is 0. The van der Waals surface area contributed by atoms with Crippen LogP contribution in [0.1, 0.15) is 18.9 Å². The average Bonchev–Trinajstić information content (AvgIpc) is 2.20. The van der Waals surface area contributed by atoms with E-state index in [9.17, 15) is 9.59 Å². The number of nitrogens with one attached hydrogen (secondary N) is 1. The number of nitrogens with zero attached hydrogens (tertiary/aromatic N) is 1. The Bertz CT molecular complexity index is 359. The van der Waals surface area contributed by atoms with Crippen LogP contribution in [0.3, 0.4) is 0 Å². The Morgan fingerprint density at radius 3 is 2.67 bits per heavy atom. The number of pyridine rings is 1. The fourth-order valence-corrected chi connectivity index (χ4v) is 1.01. The maximum atomic E-state index is 11.0. The molecule has 1 heterocycles. The van der Waals surface area contributed by atoms with E-state index in [1.165, 1.54) is 6.20 Å². The molecule has 0 aromatic carbocycles. The summed E-state index contributed by atoms with van der Waals surface area (Å²) in [5.41, 5.74) is 0.608. The first-order valence-electron chi connectivity index (χ1n) is 4.58. The van der Waals surface area contributed by atoms with Gasteiger partial charge in [-0.2, -0.15) is 0 Å². The molecule has 0 unspecified atom stereocenters. The van der Waals surface area contributed by atoms with Gasteiger partial charge < -0.3 is 10.4 Å². The lowest BCUT2D eigenvalue weighted by Gasteiger charge is -2.02. The number of aromatic nitrogens is 1. The zero-order valence-electron chi connectivity index (χ0n) is 8.36. The molecule has 0 fully saturated rings. The van der Waals surface area contributed by atoms with Gasteiger partial charge in [-0.1, -0.05) is 13.0 Å². The largest absolute Gasteiger partial charge is 0.481 e. The monoisotopic (exact) mass is 208 g/mol. The van der Waals surface area contributed by atoms with Gasteiger partial charge in [0.2, 0.25) is 5.91 Å². The van der Waals surface area contributed by atoms with Crippen molar-refractivity contribution >= 4 is 17.7 Å². The molecule has 0 radical (unpaired) electrons. The number of aliphatic carboxylic acids is 1. The Morgan fingerprint density at radius 1 is 1.47 bits per heavy atom. The van der Waals surface area contributed by atoms with Crippen molar-refractivity contribution < 1.29 is 14.7 Å². The molecule has 5 heteroatoms. The number of rotatable bonds is 4. The molecule has 0 atom stereocenters. The minimum Gasteiger partial charge on any atom is -0.481 e. The summed E-state index contributed by atoms with van der Waals surface area (Å²) >= 11 is 0. The summed E-state index contributed by atoms with van der Waals surface area (Å²) in [6.07, 6.45) is 1.77. The van der Waals surface area contributed by atoms with Gasteiger partial charge in [0, 0.05) is 12.6 Å². The van der Waals surface area contributed by atoms with Crippen molar-refractivity contribution in [2.45, 2.75) is 19.8 Å². The molecule has 1 amide bonds. The van der Waals surface area contributed by atoms with Gasteiger partial charge >= 0.3 is 5.97 Å². The van der Waals surface area contributed by atoms with Gasteiger partial charge in [-0.15, -0.1) is 0 Å². The number of amides is 1. The van der Waals surface area contributed by atoms with Crippen LogP contribution >= 0.6 is 0 Å². The third-order valence-electron chi connectivity index (χ3n) is 1.77. The highest BCUT2D eigenvalue weighted by Crippen LogP contribution is 2.06. The van der Waals surface area contributed by atoms with E-state index >= 15 is 0 Å². The molecule has 0 aliphatic rings. The van der Waals surface area contributed by atoms with Crippen molar-refractivity contribution in [2.75, 3.05) is 5.32 Å². The predicted octanol–water partition coefficient (Wildman–Crippen LogP) is 1.06. The first kappa shape index (κ1) is 11.2. The summed E-state index contributed by atoms with van der Waals surface area (Å²) in [7, 11) is 0. The summed E-state index contributed by atoms with van der Waals surface area (Å²) in [6, 6.07) is 3.22. The molecule has 1 aromatic rings. The summed E-state index contributed by atoms with van der Waals surface area (Å²) in [4.78, 5) is 25.3. The van der Waals surface area contributed by atoms with E-state index in [1.807, 2.05) is 0 Å². The van der Waals surface area contributed by atoms with E-state index in [-0.39, 0.29) is 12.3 Å². The Balaban J connectivity index is 2.64. The highest BCUT2D eigenvalue weighted by atomic mass is 16.4. The fourth-order valence-electron chi connectivity index (χ4n) is 1.01. The zero-order chi connectivity index (χ0) is 11.3. The van der Waals surface area contributed by atoms with Crippen LogP contribution in [0.25, 0.3) is 0 Å². The molecule has 15 heavy (non-hydrogen) atoms. The van der Waals surface area contributed by atoms with E-state index in [0.717, 1.165) is 0 Å². The van der Waals surface area contributed by atoms with Crippen LogP contribution in [0.15, 0.2) is 18.3 Å². The van der Waals surface area contributed by atoms with Gasteiger partial charge in [0.05, 0.1) is 6.42 Å². The Kier molecular flexibility index (Phi) is 3.79. The van der Waals surface area contributed by atoms with Crippen LogP contribution in [0.5, 0.6) is 0 Å². The number of anilines is 1. The maximum absolute atomic E-state index is 11.0. The number of carbonyl (C=O) groups excluding carboxylic acids is 1. The quantitative estimate of drug-likeness (QED) is 0.775. The zero-order valence-corrected chi connectivity index (χ0v) is 8.36. The van der Waals surface area contributed by atoms with Crippen molar-refractivity contribution in [3.8, 4) is 0 Å². The first-order chi connectivity index (χ1) is 7.11. The maximum Gasteiger partial charge on any atom is 0.307 e. The van der Waals surface area contributed by atoms with Crippen LogP contribution < -0.4 is 5.32 Å². The second-order valence-corrected chi connectivity index (χ2v) is 3.02. The fraction of sp³-hybridized carbons (Fsp3) is 0.300. The second-order valence-electron chi connectivity index (χ2n) is 3.02. The third kappa shape index (κ3) is 3.76. The molecule has 0 aliphatic carbocycles.